The summed E-state index contributed by atoms with van der Waals surface area (Å²) in [4.78, 5) is 32.2. The number of nitrogens with one attached hydrogen (secondary N) is 1. The lowest BCUT2D eigenvalue weighted by atomic mass is 9.70. The number of carbonyl (C=O) groups excluding carboxylic acids is 1. The molecule has 2 aromatic rings. The van der Waals surface area contributed by atoms with E-state index in [4.69, 9.17) is 9.72 Å². The van der Waals surface area contributed by atoms with Gasteiger partial charge >= 0.3 is 5.97 Å². The molecule has 1 aromatic heterocycles. The van der Waals surface area contributed by atoms with Gasteiger partial charge in [0.15, 0.2) is 0 Å². The predicted octanol–water partition coefficient (Wildman–Crippen LogP) is 3.60. The molecule has 0 radical (unpaired) electrons. The number of nitrogens with zero attached hydrogens (tertiary/aromatic N) is 1. The molecule has 1 spiro atoms. The second-order valence-corrected chi connectivity index (χ2v) is 8.34. The summed E-state index contributed by atoms with van der Waals surface area (Å²) in [5.41, 5.74) is 4.75. The molecule has 0 unspecified atom stereocenters. The second-order valence-electron chi connectivity index (χ2n) is 7.36. The van der Waals surface area contributed by atoms with Crippen LogP contribution in [0.3, 0.4) is 0 Å². The van der Waals surface area contributed by atoms with Gasteiger partial charge in [-0.15, -0.1) is 11.8 Å². The number of H-pyrrole nitrogens is 1. The highest BCUT2D eigenvalue weighted by Gasteiger charge is 2.42. The fraction of sp³-hybridized carbons (Fsp3) is 0.476. The van der Waals surface area contributed by atoms with Crippen molar-refractivity contribution in [2.75, 3.05) is 12.4 Å². The smallest absolute Gasteiger partial charge is 0.315 e. The zero-order valence-electron chi connectivity index (χ0n) is 15.5. The molecule has 0 bridgehead atoms. The van der Waals surface area contributed by atoms with Gasteiger partial charge in [-0.25, -0.2) is 4.98 Å². The fourth-order valence-electron chi connectivity index (χ4n) is 4.43. The maximum Gasteiger partial charge on any atom is 0.315 e. The molecule has 1 heterocycles. The van der Waals surface area contributed by atoms with Gasteiger partial charge in [0, 0.05) is 16.7 Å². The molecular formula is C21H24N2O3S. The summed E-state index contributed by atoms with van der Waals surface area (Å²) in [6, 6.07) is 8.38. The largest absolute Gasteiger partial charge is 0.465 e. The van der Waals surface area contributed by atoms with E-state index in [1.165, 1.54) is 30.2 Å². The van der Waals surface area contributed by atoms with Crippen LogP contribution in [-0.2, 0) is 27.1 Å². The minimum atomic E-state index is -0.257. The Bertz CT molecular complexity index is 916. The van der Waals surface area contributed by atoms with E-state index in [0.717, 1.165) is 36.2 Å². The van der Waals surface area contributed by atoms with Gasteiger partial charge in [-0.3, -0.25) is 9.59 Å². The number of esters is 1. The van der Waals surface area contributed by atoms with Crippen LogP contribution >= 0.6 is 11.8 Å². The highest BCUT2D eigenvalue weighted by atomic mass is 32.2. The lowest BCUT2D eigenvalue weighted by Crippen LogP contribution is -2.34. The molecule has 2 aliphatic carbocycles. The number of fused-ring (bicyclic) bond motifs is 4. The lowest BCUT2D eigenvalue weighted by Gasteiger charge is -2.36. The van der Waals surface area contributed by atoms with Crippen LogP contribution in [0.25, 0.3) is 11.3 Å². The Morgan fingerprint density at radius 3 is 2.85 bits per heavy atom. The summed E-state index contributed by atoms with van der Waals surface area (Å²) in [5, 5.41) is 0. The number of aromatic nitrogens is 2. The number of benzene rings is 1. The molecule has 5 nitrogen and oxygen atoms in total. The predicted molar refractivity (Wildman–Crippen MR) is 107 cm³/mol. The van der Waals surface area contributed by atoms with Gasteiger partial charge in [0.25, 0.3) is 5.56 Å². The Hall–Kier alpha value is -2.08. The molecule has 6 heteroatoms. The molecule has 0 saturated heterocycles. The second kappa shape index (κ2) is 7.50. The summed E-state index contributed by atoms with van der Waals surface area (Å²) in [6.07, 6.45) is 5.57. The van der Waals surface area contributed by atoms with E-state index >= 15 is 0 Å². The number of hydrogen-bond donors (Lipinski definition) is 1. The van der Waals surface area contributed by atoms with Crippen LogP contribution in [0.5, 0.6) is 0 Å². The minimum Gasteiger partial charge on any atom is -0.465 e. The molecule has 27 heavy (non-hydrogen) atoms. The standard InChI is InChI=1S/C21H24N2O3S/c1-2-26-17(24)13-27-12-16-20(25)23-19-18(22-16)15-8-4-3-7-14(15)11-21(19)9-5-6-10-21/h3-4,7-8H,2,5-6,9-13H2,1H3,(H,23,25). The van der Waals surface area contributed by atoms with Crippen LogP contribution in [0.4, 0.5) is 0 Å². The summed E-state index contributed by atoms with van der Waals surface area (Å²) >= 11 is 1.37. The topological polar surface area (TPSA) is 72.0 Å². The van der Waals surface area contributed by atoms with Gasteiger partial charge in [-0.2, -0.15) is 0 Å². The van der Waals surface area contributed by atoms with E-state index in [2.05, 4.69) is 23.2 Å². The first kappa shape index (κ1) is 18.3. The highest BCUT2D eigenvalue weighted by molar-refractivity contribution is 7.99. The van der Waals surface area contributed by atoms with E-state index in [9.17, 15) is 9.59 Å². The van der Waals surface area contributed by atoms with Crippen LogP contribution in [0.15, 0.2) is 29.1 Å². The van der Waals surface area contributed by atoms with Crippen molar-refractivity contribution in [3.05, 3.63) is 51.6 Å². The van der Waals surface area contributed by atoms with E-state index in [1.807, 2.05) is 6.07 Å². The molecule has 0 amide bonds. The Kier molecular flexibility index (Phi) is 5.08. The number of ether oxygens (including phenoxy) is 1. The first-order chi connectivity index (χ1) is 13.1. The van der Waals surface area contributed by atoms with Gasteiger partial charge in [-0.05, 0) is 31.7 Å². The van der Waals surface area contributed by atoms with Crippen molar-refractivity contribution < 1.29 is 9.53 Å². The van der Waals surface area contributed by atoms with Gasteiger partial charge in [0.1, 0.15) is 5.69 Å². The van der Waals surface area contributed by atoms with Gasteiger partial charge in [0.2, 0.25) is 0 Å². The summed E-state index contributed by atoms with van der Waals surface area (Å²) in [7, 11) is 0. The number of hydrogen-bond acceptors (Lipinski definition) is 5. The normalized spacial score (nSPS) is 16.8. The number of aromatic amines is 1. The molecule has 0 aliphatic heterocycles. The molecule has 0 atom stereocenters. The Morgan fingerprint density at radius 1 is 1.30 bits per heavy atom. The molecule has 1 aromatic carbocycles. The third kappa shape index (κ3) is 3.43. The van der Waals surface area contributed by atoms with Gasteiger partial charge in [0.05, 0.1) is 23.7 Å². The van der Waals surface area contributed by atoms with Crippen molar-refractivity contribution in [2.45, 2.75) is 50.2 Å². The quantitative estimate of drug-likeness (QED) is 0.798. The molecule has 1 fully saturated rings. The summed E-state index contributed by atoms with van der Waals surface area (Å²) < 4.78 is 4.94. The van der Waals surface area contributed by atoms with Crippen molar-refractivity contribution >= 4 is 17.7 Å². The molecule has 4 rings (SSSR count). The maximum atomic E-state index is 12.7. The van der Waals surface area contributed by atoms with Crippen LogP contribution in [-0.4, -0.2) is 28.3 Å². The van der Waals surface area contributed by atoms with Crippen LogP contribution in [0.2, 0.25) is 0 Å². The molecule has 142 valence electrons. The van der Waals surface area contributed by atoms with Crippen molar-refractivity contribution in [3.63, 3.8) is 0 Å². The number of thioether (sulfide) groups is 1. The first-order valence-electron chi connectivity index (χ1n) is 9.58. The molecule has 2 aliphatic rings. The fourth-order valence-corrected chi connectivity index (χ4v) is 5.17. The lowest BCUT2D eigenvalue weighted by molar-refractivity contribution is -0.139. The first-order valence-corrected chi connectivity index (χ1v) is 10.7. The Morgan fingerprint density at radius 2 is 2.07 bits per heavy atom. The Balaban J connectivity index is 1.68. The Labute approximate surface area is 162 Å². The highest BCUT2D eigenvalue weighted by Crippen LogP contribution is 2.49. The van der Waals surface area contributed by atoms with Crippen molar-refractivity contribution in [2.24, 2.45) is 0 Å². The number of carbonyl (C=O) groups is 1. The van der Waals surface area contributed by atoms with Gasteiger partial charge < -0.3 is 9.72 Å². The van der Waals surface area contributed by atoms with Crippen LogP contribution < -0.4 is 5.56 Å². The van der Waals surface area contributed by atoms with E-state index in [1.54, 1.807) is 6.92 Å². The average Bonchev–Trinajstić information content (AvgIpc) is 3.12. The third-order valence-electron chi connectivity index (χ3n) is 5.64. The number of rotatable bonds is 5. The average molecular weight is 385 g/mol. The van der Waals surface area contributed by atoms with E-state index < -0.39 is 0 Å². The van der Waals surface area contributed by atoms with Crippen LogP contribution in [0.1, 0.15) is 49.6 Å². The maximum absolute atomic E-state index is 12.7. The molecular weight excluding hydrogens is 360 g/mol. The zero-order chi connectivity index (χ0) is 18.9. The van der Waals surface area contributed by atoms with Crippen molar-refractivity contribution in [3.8, 4) is 11.3 Å². The van der Waals surface area contributed by atoms with Crippen LogP contribution in [0, 0.1) is 0 Å². The van der Waals surface area contributed by atoms with Crippen molar-refractivity contribution in [1.82, 2.24) is 9.97 Å². The SMILES string of the molecule is CCOC(=O)CSCc1nc2c([nH]c1=O)C1(CCCC1)Cc1ccccc1-2. The minimum absolute atomic E-state index is 0.0203. The summed E-state index contributed by atoms with van der Waals surface area (Å²) in [5.74, 6) is 0.371. The monoisotopic (exact) mass is 384 g/mol. The van der Waals surface area contributed by atoms with Gasteiger partial charge in [-0.1, -0.05) is 37.1 Å². The zero-order valence-corrected chi connectivity index (χ0v) is 16.4. The van der Waals surface area contributed by atoms with Crippen molar-refractivity contribution in [1.29, 1.82) is 0 Å². The van der Waals surface area contributed by atoms with E-state index in [-0.39, 0.29) is 22.7 Å². The van der Waals surface area contributed by atoms with E-state index in [0.29, 0.717) is 18.1 Å². The molecule has 1 N–H and O–H groups in total. The molecule has 1 saturated carbocycles. The summed E-state index contributed by atoms with van der Waals surface area (Å²) in [6.45, 7) is 2.16. The third-order valence-corrected chi connectivity index (χ3v) is 6.56.